The van der Waals surface area contributed by atoms with E-state index < -0.39 is 22.5 Å². The van der Waals surface area contributed by atoms with Gasteiger partial charge in [0.2, 0.25) is 15.9 Å². The molecule has 0 aliphatic heterocycles. The summed E-state index contributed by atoms with van der Waals surface area (Å²) in [6, 6.07) is 17.7. The molecule has 0 bridgehead atoms. The number of benzene rings is 3. The van der Waals surface area contributed by atoms with Crippen molar-refractivity contribution in [2.24, 2.45) is 0 Å². The zero-order valence-electron chi connectivity index (χ0n) is 15.3. The van der Waals surface area contributed by atoms with Crippen LogP contribution in [-0.4, -0.2) is 34.2 Å². The summed E-state index contributed by atoms with van der Waals surface area (Å²) in [5.74, 6) is -0.184. The summed E-state index contributed by atoms with van der Waals surface area (Å²) in [7, 11) is -2.34. The maximum absolute atomic E-state index is 12.7. The van der Waals surface area contributed by atoms with Gasteiger partial charge in [-0.1, -0.05) is 48.0 Å². The molecule has 3 aromatic carbocycles. The summed E-state index contributed by atoms with van der Waals surface area (Å²) in [5.41, 5.74) is 0.806. The molecule has 0 spiro atoms. The number of fused-ring (bicyclic) bond motifs is 1. The van der Waals surface area contributed by atoms with Crippen LogP contribution in [0.5, 0.6) is 5.75 Å². The Morgan fingerprint density at radius 2 is 1.82 bits per heavy atom. The lowest BCUT2D eigenvalue weighted by atomic mass is 10.1. The van der Waals surface area contributed by atoms with Crippen molar-refractivity contribution in [2.45, 2.75) is 0 Å². The van der Waals surface area contributed by atoms with Gasteiger partial charge >= 0.3 is 0 Å². The monoisotopic (exact) mass is 418 g/mol. The molecule has 0 fully saturated rings. The number of carbonyl (C=O) groups excluding carboxylic acids is 1. The second-order valence-electron chi connectivity index (χ2n) is 6.16. The van der Waals surface area contributed by atoms with Gasteiger partial charge in [0.1, 0.15) is 12.3 Å². The highest BCUT2D eigenvalue weighted by atomic mass is 35.5. The Hall–Kier alpha value is -2.77. The van der Waals surface area contributed by atoms with E-state index in [0.717, 1.165) is 21.3 Å². The average Bonchev–Trinajstić information content (AvgIpc) is 2.65. The van der Waals surface area contributed by atoms with Crippen LogP contribution < -0.4 is 14.4 Å². The van der Waals surface area contributed by atoms with Crippen molar-refractivity contribution < 1.29 is 17.9 Å². The third kappa shape index (κ3) is 4.37. The third-order valence-corrected chi connectivity index (χ3v) is 5.52. The molecule has 0 heterocycles. The van der Waals surface area contributed by atoms with E-state index in [1.165, 1.54) is 13.2 Å². The van der Waals surface area contributed by atoms with Crippen molar-refractivity contribution in [2.75, 3.05) is 29.5 Å². The van der Waals surface area contributed by atoms with Gasteiger partial charge in [0.25, 0.3) is 0 Å². The smallest absolute Gasteiger partial charge is 0.245 e. The van der Waals surface area contributed by atoms with Crippen molar-refractivity contribution in [1.82, 2.24) is 0 Å². The van der Waals surface area contributed by atoms with E-state index in [1.54, 1.807) is 18.2 Å². The Balaban J connectivity index is 1.92. The van der Waals surface area contributed by atoms with Crippen molar-refractivity contribution in [3.05, 3.63) is 65.7 Å². The van der Waals surface area contributed by atoms with E-state index in [4.69, 9.17) is 16.3 Å². The second-order valence-corrected chi connectivity index (χ2v) is 8.50. The third-order valence-electron chi connectivity index (χ3n) is 4.16. The first kappa shape index (κ1) is 20.0. The fraction of sp³-hybridized carbons (Fsp3) is 0.150. The number of halogens is 1. The summed E-state index contributed by atoms with van der Waals surface area (Å²) in [6.45, 7) is -0.418. The Bertz CT molecular complexity index is 1130. The maximum atomic E-state index is 12.7. The SMILES string of the molecule is COc1ccc(Cl)cc1N(CC(=O)Nc1cccc2ccccc12)S(C)(=O)=O. The van der Waals surface area contributed by atoms with Crippen LogP contribution in [0.3, 0.4) is 0 Å². The highest BCUT2D eigenvalue weighted by Gasteiger charge is 2.24. The van der Waals surface area contributed by atoms with Gasteiger partial charge in [0, 0.05) is 16.1 Å². The predicted molar refractivity (Wildman–Crippen MR) is 113 cm³/mol. The number of sulfonamides is 1. The Morgan fingerprint density at radius 3 is 2.54 bits per heavy atom. The molecular formula is C20H19ClN2O4S. The number of rotatable bonds is 6. The maximum Gasteiger partial charge on any atom is 0.245 e. The fourth-order valence-corrected chi connectivity index (χ4v) is 3.91. The molecule has 1 amide bonds. The van der Waals surface area contributed by atoms with Gasteiger partial charge in [-0.15, -0.1) is 0 Å². The highest BCUT2D eigenvalue weighted by molar-refractivity contribution is 7.92. The van der Waals surface area contributed by atoms with Gasteiger partial charge in [-0.3, -0.25) is 9.10 Å². The largest absolute Gasteiger partial charge is 0.495 e. The minimum Gasteiger partial charge on any atom is -0.495 e. The van der Waals surface area contributed by atoms with Crippen LogP contribution in [0.4, 0.5) is 11.4 Å². The molecule has 146 valence electrons. The molecule has 0 saturated heterocycles. The summed E-state index contributed by atoms with van der Waals surface area (Å²) in [4.78, 5) is 12.7. The van der Waals surface area contributed by atoms with E-state index in [9.17, 15) is 13.2 Å². The summed E-state index contributed by atoms with van der Waals surface area (Å²) in [6.07, 6.45) is 1.03. The van der Waals surface area contributed by atoms with Crippen LogP contribution >= 0.6 is 11.6 Å². The number of amides is 1. The van der Waals surface area contributed by atoms with E-state index in [-0.39, 0.29) is 5.69 Å². The van der Waals surface area contributed by atoms with Gasteiger partial charge < -0.3 is 10.1 Å². The van der Waals surface area contributed by atoms with Gasteiger partial charge in [-0.05, 0) is 29.7 Å². The predicted octanol–water partition coefficient (Wildman–Crippen LogP) is 3.91. The van der Waals surface area contributed by atoms with Crippen molar-refractivity contribution in [1.29, 1.82) is 0 Å². The molecule has 0 aliphatic carbocycles. The second kappa shape index (κ2) is 8.08. The molecule has 28 heavy (non-hydrogen) atoms. The standard InChI is InChI=1S/C20H19ClN2O4S/c1-27-19-11-10-15(21)12-18(19)23(28(2,25)26)13-20(24)22-17-9-5-7-14-6-3-4-8-16(14)17/h3-12H,13H2,1-2H3,(H,22,24). The first-order valence-corrected chi connectivity index (χ1v) is 10.6. The molecular weight excluding hydrogens is 400 g/mol. The van der Waals surface area contributed by atoms with E-state index >= 15 is 0 Å². The minimum absolute atomic E-state index is 0.200. The van der Waals surface area contributed by atoms with Crippen LogP contribution in [0.1, 0.15) is 0 Å². The molecule has 0 aromatic heterocycles. The molecule has 0 radical (unpaired) electrons. The molecule has 3 rings (SSSR count). The number of methoxy groups -OCH3 is 1. The molecule has 0 aliphatic rings. The van der Waals surface area contributed by atoms with Gasteiger partial charge in [-0.25, -0.2) is 8.42 Å². The van der Waals surface area contributed by atoms with Crippen LogP contribution in [0.25, 0.3) is 10.8 Å². The number of hydrogen-bond donors (Lipinski definition) is 1. The number of nitrogens with zero attached hydrogens (tertiary/aromatic N) is 1. The first-order valence-electron chi connectivity index (χ1n) is 8.38. The van der Waals surface area contributed by atoms with Crippen molar-refractivity contribution in [3.63, 3.8) is 0 Å². The quantitative estimate of drug-likeness (QED) is 0.658. The topological polar surface area (TPSA) is 75.7 Å². The van der Waals surface area contributed by atoms with E-state index in [1.807, 2.05) is 36.4 Å². The van der Waals surface area contributed by atoms with Gasteiger partial charge in [0.05, 0.1) is 19.1 Å². The molecule has 6 nitrogen and oxygen atoms in total. The number of nitrogens with one attached hydrogen (secondary N) is 1. The fourth-order valence-electron chi connectivity index (χ4n) is 2.89. The zero-order chi connectivity index (χ0) is 20.3. The highest BCUT2D eigenvalue weighted by Crippen LogP contribution is 2.33. The summed E-state index contributed by atoms with van der Waals surface area (Å²) >= 11 is 6.02. The van der Waals surface area contributed by atoms with Crippen LogP contribution in [0.15, 0.2) is 60.7 Å². The Morgan fingerprint density at radius 1 is 1.11 bits per heavy atom. The number of ether oxygens (including phenoxy) is 1. The van der Waals surface area contributed by atoms with Crippen LogP contribution in [-0.2, 0) is 14.8 Å². The van der Waals surface area contributed by atoms with Gasteiger partial charge in [-0.2, -0.15) is 0 Å². The normalized spacial score (nSPS) is 11.2. The summed E-state index contributed by atoms with van der Waals surface area (Å²) < 4.78 is 30.9. The minimum atomic E-state index is -3.76. The molecule has 0 saturated carbocycles. The number of carbonyl (C=O) groups is 1. The van der Waals surface area contributed by atoms with E-state index in [2.05, 4.69) is 5.32 Å². The molecule has 1 N–H and O–H groups in total. The number of anilines is 2. The molecule has 0 unspecified atom stereocenters. The molecule has 3 aromatic rings. The Kier molecular flexibility index (Phi) is 5.76. The van der Waals surface area contributed by atoms with E-state index in [0.29, 0.717) is 16.5 Å². The van der Waals surface area contributed by atoms with Crippen LogP contribution in [0, 0.1) is 0 Å². The van der Waals surface area contributed by atoms with Gasteiger partial charge in [0.15, 0.2) is 0 Å². The molecule has 0 atom stereocenters. The average molecular weight is 419 g/mol. The lowest BCUT2D eigenvalue weighted by Gasteiger charge is -2.24. The summed E-state index contributed by atoms with van der Waals surface area (Å²) in [5, 5.41) is 4.96. The first-order chi connectivity index (χ1) is 13.3. The van der Waals surface area contributed by atoms with Crippen LogP contribution in [0.2, 0.25) is 5.02 Å². The lowest BCUT2D eigenvalue weighted by molar-refractivity contribution is -0.114. The molecule has 8 heteroatoms. The lowest BCUT2D eigenvalue weighted by Crippen LogP contribution is -2.37. The van der Waals surface area contributed by atoms with Crippen molar-refractivity contribution >= 4 is 49.7 Å². The van der Waals surface area contributed by atoms with Crippen molar-refractivity contribution in [3.8, 4) is 5.75 Å². The number of hydrogen-bond acceptors (Lipinski definition) is 4. The zero-order valence-corrected chi connectivity index (χ0v) is 16.9. The Labute approximate surface area is 168 Å².